The Morgan fingerprint density at radius 1 is 0.829 bits per heavy atom. The van der Waals surface area contributed by atoms with Gasteiger partial charge in [-0.1, -0.05) is 36.4 Å². The van der Waals surface area contributed by atoms with Crippen LogP contribution in [0.15, 0.2) is 54.6 Å². The second-order valence-electron chi connectivity index (χ2n) is 8.37. The predicted octanol–water partition coefficient (Wildman–Crippen LogP) is 7.95. The molecule has 0 N–H and O–H groups in total. The van der Waals surface area contributed by atoms with Crippen molar-refractivity contribution in [1.29, 1.82) is 0 Å². The zero-order valence-corrected chi connectivity index (χ0v) is 19.4. The Kier molecular flexibility index (Phi) is 7.55. The first kappa shape index (κ1) is 24.9. The lowest BCUT2D eigenvalue weighted by atomic mass is 9.89. The van der Waals surface area contributed by atoms with Crippen LogP contribution in [0, 0.1) is 29.1 Å². The molecule has 0 spiro atoms. The maximum Gasteiger partial charge on any atom is 0.201 e. The van der Waals surface area contributed by atoms with Gasteiger partial charge in [-0.3, -0.25) is 0 Å². The van der Waals surface area contributed by atoms with Crippen LogP contribution in [0.1, 0.15) is 38.2 Å². The third kappa shape index (κ3) is 4.96. The Morgan fingerprint density at radius 2 is 1.43 bits per heavy atom. The summed E-state index contributed by atoms with van der Waals surface area (Å²) in [4.78, 5) is 0. The summed E-state index contributed by atoms with van der Waals surface area (Å²) in [6.07, 6.45) is 5.58. The van der Waals surface area contributed by atoms with Crippen LogP contribution in [-0.2, 0) is 4.74 Å². The van der Waals surface area contributed by atoms with Gasteiger partial charge in [0.1, 0.15) is 5.82 Å². The zero-order chi connectivity index (χ0) is 25.1. The number of halogens is 5. The van der Waals surface area contributed by atoms with E-state index in [9.17, 15) is 17.6 Å². The Morgan fingerprint density at radius 3 is 2.00 bits per heavy atom. The second kappa shape index (κ2) is 10.6. The van der Waals surface area contributed by atoms with E-state index in [0.717, 1.165) is 42.7 Å². The van der Waals surface area contributed by atoms with Crippen molar-refractivity contribution in [2.24, 2.45) is 0 Å². The van der Waals surface area contributed by atoms with Gasteiger partial charge in [-0.25, -0.2) is 17.6 Å². The van der Waals surface area contributed by atoms with E-state index in [0.29, 0.717) is 6.61 Å². The van der Waals surface area contributed by atoms with E-state index < -0.39 is 40.2 Å². The summed E-state index contributed by atoms with van der Waals surface area (Å²) in [5.74, 6) is -6.43. The lowest BCUT2D eigenvalue weighted by molar-refractivity contribution is 0.0326. The molecule has 3 aromatic rings. The van der Waals surface area contributed by atoms with Crippen LogP contribution in [-0.4, -0.2) is 19.3 Å². The number of rotatable bonds is 6. The molecule has 184 valence electrons. The van der Waals surface area contributed by atoms with Gasteiger partial charge in [0.05, 0.1) is 19.3 Å². The number of hydrogen-bond donors (Lipinski definition) is 0. The Hall–Kier alpha value is -3.19. The lowest BCUT2D eigenvalue weighted by Gasteiger charge is -2.28. The zero-order valence-electron chi connectivity index (χ0n) is 19.4. The first-order chi connectivity index (χ1) is 16.8. The van der Waals surface area contributed by atoms with E-state index >= 15 is 4.39 Å². The molecule has 3 aromatic carbocycles. The number of allylic oxidation sites excluding steroid dienone is 1. The average molecular weight is 488 g/mol. The van der Waals surface area contributed by atoms with Crippen molar-refractivity contribution in [1.82, 2.24) is 0 Å². The van der Waals surface area contributed by atoms with Crippen molar-refractivity contribution in [2.45, 2.75) is 38.7 Å². The minimum Gasteiger partial charge on any atom is -0.491 e. The van der Waals surface area contributed by atoms with Crippen molar-refractivity contribution in [2.75, 3.05) is 13.2 Å². The molecule has 0 amide bonds. The van der Waals surface area contributed by atoms with E-state index in [-0.39, 0.29) is 35.5 Å². The van der Waals surface area contributed by atoms with Crippen LogP contribution in [0.5, 0.6) is 5.75 Å². The van der Waals surface area contributed by atoms with Gasteiger partial charge >= 0.3 is 0 Å². The Bertz CT molecular complexity index is 1250. The van der Waals surface area contributed by atoms with Gasteiger partial charge in [0.2, 0.25) is 5.82 Å². The molecular weight excluding hydrogens is 463 g/mol. The van der Waals surface area contributed by atoms with E-state index in [2.05, 4.69) is 0 Å². The molecule has 1 aliphatic heterocycles. The van der Waals surface area contributed by atoms with Gasteiger partial charge in [0, 0.05) is 28.2 Å². The van der Waals surface area contributed by atoms with Crippen molar-refractivity contribution in [3.8, 4) is 28.0 Å². The maximum absolute atomic E-state index is 15.0. The molecule has 1 aliphatic rings. The highest BCUT2D eigenvalue weighted by Gasteiger charge is 2.25. The summed E-state index contributed by atoms with van der Waals surface area (Å²) in [5.41, 5.74) is -0.653. The summed E-state index contributed by atoms with van der Waals surface area (Å²) in [5, 5.41) is 0. The minimum absolute atomic E-state index is 0.00143. The number of benzene rings is 3. The third-order valence-electron chi connectivity index (χ3n) is 6.19. The molecule has 0 aromatic heterocycles. The number of hydrogen-bond acceptors (Lipinski definition) is 2. The average Bonchev–Trinajstić information content (AvgIpc) is 2.85. The first-order valence-electron chi connectivity index (χ1n) is 11.5. The van der Waals surface area contributed by atoms with Gasteiger partial charge in [-0.15, -0.1) is 0 Å². The molecule has 0 aliphatic carbocycles. The summed E-state index contributed by atoms with van der Waals surface area (Å²) in [6.45, 7) is 4.08. The fraction of sp³-hybridized carbons (Fsp3) is 0.286. The molecule has 1 heterocycles. The summed E-state index contributed by atoms with van der Waals surface area (Å²) < 4.78 is 84.5. The fourth-order valence-electron chi connectivity index (χ4n) is 4.38. The molecule has 2 atom stereocenters. The van der Waals surface area contributed by atoms with E-state index in [1.165, 1.54) is 12.1 Å². The normalized spacial score (nSPS) is 18.3. The molecule has 1 fully saturated rings. The molecular formula is C28H25F5O2. The lowest BCUT2D eigenvalue weighted by Crippen LogP contribution is -2.23. The van der Waals surface area contributed by atoms with Crippen LogP contribution in [0.2, 0.25) is 0 Å². The summed E-state index contributed by atoms with van der Waals surface area (Å²) in [6, 6.07) is 8.92. The largest absolute Gasteiger partial charge is 0.491 e. The Labute approximate surface area is 201 Å². The fourth-order valence-corrected chi connectivity index (χ4v) is 4.38. The van der Waals surface area contributed by atoms with Crippen LogP contribution >= 0.6 is 0 Å². The van der Waals surface area contributed by atoms with Crippen LogP contribution in [0.4, 0.5) is 22.0 Å². The molecule has 1 saturated heterocycles. The van der Waals surface area contributed by atoms with E-state index in [1.807, 2.05) is 19.1 Å². The molecule has 0 saturated carbocycles. The summed E-state index contributed by atoms with van der Waals surface area (Å²) >= 11 is 0. The Balaban J connectivity index is 1.62. The molecule has 2 unspecified atom stereocenters. The van der Waals surface area contributed by atoms with Crippen LogP contribution in [0.3, 0.4) is 0 Å². The van der Waals surface area contributed by atoms with Crippen LogP contribution in [0.25, 0.3) is 22.3 Å². The SMILES string of the molecule is CC=CC1CCC(c2ccc(-c3ccc(-c4ccc(OCC)c(F)c4F)c(F)c3F)c(F)c2)CO1. The van der Waals surface area contributed by atoms with Gasteiger partial charge in [-0.05, 0) is 50.5 Å². The van der Waals surface area contributed by atoms with Gasteiger partial charge < -0.3 is 9.47 Å². The minimum atomic E-state index is -1.40. The molecule has 35 heavy (non-hydrogen) atoms. The standard InChI is InChI=1S/C28H25F5O2/c1-3-5-18-8-6-17(15-35-18)16-7-9-19(23(29)14-16)20-10-11-21(26(31)25(20)30)22-12-13-24(34-4-2)28(33)27(22)32/h3,5,7,9-14,17-18H,4,6,8,15H2,1-2H3. The topological polar surface area (TPSA) is 18.5 Å². The molecule has 0 radical (unpaired) electrons. The predicted molar refractivity (Wildman–Crippen MR) is 125 cm³/mol. The summed E-state index contributed by atoms with van der Waals surface area (Å²) in [7, 11) is 0. The van der Waals surface area contributed by atoms with Crippen molar-refractivity contribution >= 4 is 0 Å². The highest BCUT2D eigenvalue weighted by molar-refractivity contribution is 5.73. The molecule has 2 nitrogen and oxygen atoms in total. The first-order valence-corrected chi connectivity index (χ1v) is 11.5. The quantitative estimate of drug-likeness (QED) is 0.259. The molecule has 7 heteroatoms. The molecule has 4 rings (SSSR count). The number of ether oxygens (including phenoxy) is 2. The van der Waals surface area contributed by atoms with Crippen molar-refractivity contribution in [3.05, 3.63) is 89.3 Å². The third-order valence-corrected chi connectivity index (χ3v) is 6.19. The monoisotopic (exact) mass is 488 g/mol. The van der Waals surface area contributed by atoms with Crippen molar-refractivity contribution in [3.63, 3.8) is 0 Å². The van der Waals surface area contributed by atoms with Gasteiger partial charge in [0.15, 0.2) is 23.2 Å². The highest BCUT2D eigenvalue weighted by atomic mass is 19.2. The molecule has 0 bridgehead atoms. The second-order valence-corrected chi connectivity index (χ2v) is 8.37. The van der Waals surface area contributed by atoms with Crippen molar-refractivity contribution < 1.29 is 31.4 Å². The van der Waals surface area contributed by atoms with Crippen LogP contribution < -0.4 is 4.74 Å². The maximum atomic E-state index is 15.0. The van der Waals surface area contributed by atoms with Gasteiger partial charge in [-0.2, -0.15) is 4.39 Å². The highest BCUT2D eigenvalue weighted by Crippen LogP contribution is 2.37. The van der Waals surface area contributed by atoms with E-state index in [4.69, 9.17) is 9.47 Å². The smallest absolute Gasteiger partial charge is 0.201 e. The van der Waals surface area contributed by atoms with E-state index in [1.54, 1.807) is 13.0 Å². The van der Waals surface area contributed by atoms with Gasteiger partial charge in [0.25, 0.3) is 0 Å².